The maximum absolute atomic E-state index is 9.96. The van der Waals surface area contributed by atoms with Crippen molar-refractivity contribution in [3.63, 3.8) is 0 Å². The van der Waals surface area contributed by atoms with Crippen LogP contribution in [0, 0.1) is 11.3 Å². The molecule has 0 aromatic rings. The normalized spacial score (nSPS) is 42.1. The first-order chi connectivity index (χ1) is 6.38. The standard InChI is InChI=1S/C12H22O2/c1-6-9-11(2,3)10(13)7-8-12(9,4)14-5/h6,9-10,13H,1,7-8H2,2-5H3/t9-,10+,12+/m1/s1. The van der Waals surface area contributed by atoms with E-state index in [1.807, 2.05) is 6.08 Å². The zero-order chi connectivity index (χ0) is 11.0. The molecule has 0 amide bonds. The second kappa shape index (κ2) is 3.67. The van der Waals surface area contributed by atoms with E-state index in [4.69, 9.17) is 4.74 Å². The van der Waals surface area contributed by atoms with E-state index >= 15 is 0 Å². The Labute approximate surface area is 87.0 Å². The van der Waals surface area contributed by atoms with Crippen LogP contribution in [0.5, 0.6) is 0 Å². The molecule has 1 fully saturated rings. The van der Waals surface area contributed by atoms with Crippen LogP contribution in [-0.4, -0.2) is 23.9 Å². The first-order valence-corrected chi connectivity index (χ1v) is 5.24. The third-order valence-corrected chi connectivity index (χ3v) is 3.93. The molecule has 82 valence electrons. The summed E-state index contributed by atoms with van der Waals surface area (Å²) < 4.78 is 5.58. The molecule has 0 spiro atoms. The molecule has 3 atom stereocenters. The highest BCUT2D eigenvalue weighted by atomic mass is 16.5. The quantitative estimate of drug-likeness (QED) is 0.690. The molecule has 0 radical (unpaired) electrons. The average molecular weight is 198 g/mol. The van der Waals surface area contributed by atoms with Gasteiger partial charge in [-0.05, 0) is 25.2 Å². The number of hydrogen-bond donors (Lipinski definition) is 1. The van der Waals surface area contributed by atoms with Crippen LogP contribution in [0.15, 0.2) is 12.7 Å². The smallest absolute Gasteiger partial charge is 0.0720 e. The Morgan fingerprint density at radius 2 is 2.00 bits per heavy atom. The van der Waals surface area contributed by atoms with Gasteiger partial charge in [0.25, 0.3) is 0 Å². The minimum atomic E-state index is -0.256. The highest BCUT2D eigenvalue weighted by Crippen LogP contribution is 2.48. The lowest BCUT2D eigenvalue weighted by Crippen LogP contribution is -2.53. The van der Waals surface area contributed by atoms with Gasteiger partial charge in [-0.15, -0.1) is 6.58 Å². The van der Waals surface area contributed by atoms with E-state index in [0.29, 0.717) is 0 Å². The van der Waals surface area contributed by atoms with Crippen LogP contribution < -0.4 is 0 Å². The lowest BCUT2D eigenvalue weighted by molar-refractivity contribution is -0.141. The van der Waals surface area contributed by atoms with Gasteiger partial charge in [0.05, 0.1) is 11.7 Å². The van der Waals surface area contributed by atoms with Crippen LogP contribution in [0.4, 0.5) is 0 Å². The third kappa shape index (κ3) is 1.61. The van der Waals surface area contributed by atoms with Crippen molar-refractivity contribution in [2.75, 3.05) is 7.11 Å². The Morgan fingerprint density at radius 3 is 2.43 bits per heavy atom. The largest absolute Gasteiger partial charge is 0.393 e. The molecule has 0 heterocycles. The van der Waals surface area contributed by atoms with Crippen molar-refractivity contribution in [1.82, 2.24) is 0 Å². The number of ether oxygens (including phenoxy) is 1. The van der Waals surface area contributed by atoms with Crippen LogP contribution in [0.3, 0.4) is 0 Å². The summed E-state index contributed by atoms with van der Waals surface area (Å²) in [7, 11) is 1.74. The van der Waals surface area contributed by atoms with Crippen LogP contribution in [0.1, 0.15) is 33.6 Å². The minimum absolute atomic E-state index is 0.148. The predicted octanol–water partition coefficient (Wildman–Crippen LogP) is 2.37. The lowest BCUT2D eigenvalue weighted by atomic mass is 9.60. The molecule has 0 aliphatic heterocycles. The van der Waals surface area contributed by atoms with Crippen molar-refractivity contribution in [3.05, 3.63) is 12.7 Å². The van der Waals surface area contributed by atoms with Crippen molar-refractivity contribution >= 4 is 0 Å². The maximum atomic E-state index is 9.96. The molecule has 1 aliphatic rings. The Bertz CT molecular complexity index is 218. The molecule has 0 aromatic heterocycles. The van der Waals surface area contributed by atoms with E-state index in [0.717, 1.165) is 12.8 Å². The van der Waals surface area contributed by atoms with Gasteiger partial charge >= 0.3 is 0 Å². The number of aliphatic hydroxyl groups is 1. The second-order valence-corrected chi connectivity index (χ2v) is 5.11. The SMILES string of the molecule is C=C[C@@H]1C(C)(C)[C@@H](O)CC[C@]1(C)OC. The molecule has 0 unspecified atom stereocenters. The van der Waals surface area contributed by atoms with E-state index in [1.165, 1.54) is 0 Å². The average Bonchev–Trinajstić information content (AvgIpc) is 2.13. The van der Waals surface area contributed by atoms with E-state index in [1.54, 1.807) is 7.11 Å². The van der Waals surface area contributed by atoms with Gasteiger partial charge in [-0.3, -0.25) is 0 Å². The van der Waals surface area contributed by atoms with E-state index in [-0.39, 0.29) is 23.0 Å². The van der Waals surface area contributed by atoms with Gasteiger partial charge in [0, 0.05) is 13.0 Å². The minimum Gasteiger partial charge on any atom is -0.393 e. The van der Waals surface area contributed by atoms with Crippen LogP contribution >= 0.6 is 0 Å². The molecular weight excluding hydrogens is 176 g/mol. The number of rotatable bonds is 2. The summed E-state index contributed by atoms with van der Waals surface area (Å²) in [5.41, 5.74) is -0.324. The van der Waals surface area contributed by atoms with Crippen LogP contribution in [0.25, 0.3) is 0 Å². The second-order valence-electron chi connectivity index (χ2n) is 5.11. The van der Waals surface area contributed by atoms with Crippen LogP contribution in [0.2, 0.25) is 0 Å². The summed E-state index contributed by atoms with van der Waals surface area (Å²) in [5.74, 6) is 0.198. The number of methoxy groups -OCH3 is 1. The first kappa shape index (κ1) is 11.7. The van der Waals surface area contributed by atoms with Crippen molar-refractivity contribution in [2.45, 2.75) is 45.3 Å². The summed E-state index contributed by atoms with van der Waals surface area (Å²) in [4.78, 5) is 0. The Morgan fingerprint density at radius 1 is 1.43 bits per heavy atom. The molecule has 2 heteroatoms. The Balaban J connectivity index is 3.01. The molecule has 1 aliphatic carbocycles. The summed E-state index contributed by atoms with van der Waals surface area (Å²) in [6, 6.07) is 0. The van der Waals surface area contributed by atoms with Gasteiger partial charge in [0.15, 0.2) is 0 Å². The molecule has 0 saturated heterocycles. The maximum Gasteiger partial charge on any atom is 0.0720 e. The monoisotopic (exact) mass is 198 g/mol. The molecule has 14 heavy (non-hydrogen) atoms. The van der Waals surface area contributed by atoms with Gasteiger partial charge < -0.3 is 9.84 Å². The predicted molar refractivity (Wildman–Crippen MR) is 58.1 cm³/mol. The first-order valence-electron chi connectivity index (χ1n) is 5.24. The van der Waals surface area contributed by atoms with Crippen molar-refractivity contribution in [2.24, 2.45) is 11.3 Å². The van der Waals surface area contributed by atoms with Gasteiger partial charge in [0.1, 0.15) is 0 Å². The molecule has 0 bridgehead atoms. The highest BCUT2D eigenvalue weighted by Gasteiger charge is 2.49. The molecule has 1 saturated carbocycles. The van der Waals surface area contributed by atoms with Crippen LogP contribution in [-0.2, 0) is 4.74 Å². The van der Waals surface area contributed by atoms with Gasteiger partial charge in [0.2, 0.25) is 0 Å². The number of hydrogen-bond acceptors (Lipinski definition) is 2. The van der Waals surface area contributed by atoms with Gasteiger partial charge in [-0.25, -0.2) is 0 Å². The fourth-order valence-electron chi connectivity index (χ4n) is 2.73. The van der Waals surface area contributed by atoms with E-state index in [9.17, 15) is 5.11 Å². The summed E-state index contributed by atoms with van der Waals surface area (Å²) in [6.07, 6.45) is 3.37. The topological polar surface area (TPSA) is 29.5 Å². The molecule has 1 N–H and O–H groups in total. The van der Waals surface area contributed by atoms with Crippen molar-refractivity contribution in [3.8, 4) is 0 Å². The molecule has 2 nitrogen and oxygen atoms in total. The summed E-state index contributed by atoms with van der Waals surface area (Å²) in [5, 5.41) is 9.96. The third-order valence-electron chi connectivity index (χ3n) is 3.93. The highest BCUT2D eigenvalue weighted by molar-refractivity contribution is 5.07. The Hall–Kier alpha value is -0.340. The van der Waals surface area contributed by atoms with Crippen molar-refractivity contribution in [1.29, 1.82) is 0 Å². The van der Waals surface area contributed by atoms with E-state index in [2.05, 4.69) is 27.4 Å². The van der Waals surface area contributed by atoms with E-state index < -0.39 is 0 Å². The van der Waals surface area contributed by atoms with Gasteiger partial charge in [-0.2, -0.15) is 0 Å². The van der Waals surface area contributed by atoms with Gasteiger partial charge in [-0.1, -0.05) is 19.9 Å². The molecular formula is C12H22O2. The summed E-state index contributed by atoms with van der Waals surface area (Å²) >= 11 is 0. The fourth-order valence-corrected chi connectivity index (χ4v) is 2.73. The molecule has 0 aromatic carbocycles. The number of aliphatic hydroxyl groups excluding tert-OH is 1. The fraction of sp³-hybridized carbons (Fsp3) is 0.833. The Kier molecular flexibility index (Phi) is 3.07. The lowest BCUT2D eigenvalue weighted by Gasteiger charge is -2.51. The van der Waals surface area contributed by atoms with Crippen molar-refractivity contribution < 1.29 is 9.84 Å². The zero-order valence-corrected chi connectivity index (χ0v) is 9.71. The summed E-state index contributed by atoms with van der Waals surface area (Å²) in [6.45, 7) is 10.1. The molecule has 1 rings (SSSR count). The zero-order valence-electron chi connectivity index (χ0n) is 9.71.